The van der Waals surface area contributed by atoms with Crippen LogP contribution in [0.4, 0.5) is 10.1 Å². The van der Waals surface area contributed by atoms with Gasteiger partial charge in [-0.25, -0.2) is 9.07 Å². The highest BCUT2D eigenvalue weighted by atomic mass is 19.1. The highest BCUT2D eigenvalue weighted by molar-refractivity contribution is 5.80. The van der Waals surface area contributed by atoms with Crippen LogP contribution in [0, 0.1) is 5.82 Å². The Kier molecular flexibility index (Phi) is 2.08. The zero-order valence-electron chi connectivity index (χ0n) is 8.97. The molecule has 0 aliphatic carbocycles. The average Bonchev–Trinajstić information content (AvgIpc) is 2.76. The van der Waals surface area contributed by atoms with Gasteiger partial charge in [0.2, 0.25) is 0 Å². The molecule has 0 saturated carbocycles. The Labute approximate surface area is 97.3 Å². The number of halogens is 1. The first-order valence-electron chi connectivity index (χ1n) is 5.24. The van der Waals surface area contributed by atoms with Gasteiger partial charge in [0.1, 0.15) is 11.5 Å². The summed E-state index contributed by atoms with van der Waals surface area (Å²) in [5.41, 5.74) is 7.41. The maximum atomic E-state index is 13.7. The van der Waals surface area contributed by atoms with Crippen LogP contribution in [0.25, 0.3) is 16.6 Å². The SMILES string of the molecule is Nc1ccc(F)c(-n2ncc3ccccc32)c1. The Morgan fingerprint density at radius 3 is 2.82 bits per heavy atom. The van der Waals surface area contributed by atoms with E-state index in [2.05, 4.69) is 5.10 Å². The van der Waals surface area contributed by atoms with Crippen LogP contribution in [-0.4, -0.2) is 9.78 Å². The number of hydrogen-bond donors (Lipinski definition) is 1. The maximum absolute atomic E-state index is 13.7. The molecule has 2 aromatic carbocycles. The zero-order chi connectivity index (χ0) is 11.8. The van der Waals surface area contributed by atoms with Gasteiger partial charge in [-0.2, -0.15) is 5.10 Å². The van der Waals surface area contributed by atoms with Gasteiger partial charge in [0.25, 0.3) is 0 Å². The molecular weight excluding hydrogens is 217 g/mol. The summed E-state index contributed by atoms with van der Waals surface area (Å²) in [6.45, 7) is 0. The Hall–Kier alpha value is -2.36. The second-order valence-electron chi connectivity index (χ2n) is 3.83. The normalized spacial score (nSPS) is 10.9. The molecule has 3 rings (SSSR count). The molecule has 17 heavy (non-hydrogen) atoms. The first-order chi connectivity index (χ1) is 8.25. The van der Waals surface area contributed by atoms with Crippen LogP contribution in [-0.2, 0) is 0 Å². The van der Waals surface area contributed by atoms with Gasteiger partial charge in [-0.05, 0) is 24.3 Å². The van der Waals surface area contributed by atoms with Gasteiger partial charge in [-0.3, -0.25) is 0 Å². The molecule has 0 aliphatic rings. The van der Waals surface area contributed by atoms with E-state index in [9.17, 15) is 4.39 Å². The molecule has 0 saturated heterocycles. The fourth-order valence-corrected chi connectivity index (χ4v) is 1.86. The molecule has 1 heterocycles. The summed E-state index contributed by atoms with van der Waals surface area (Å²) in [4.78, 5) is 0. The molecule has 3 aromatic rings. The quantitative estimate of drug-likeness (QED) is 0.649. The Morgan fingerprint density at radius 2 is 1.94 bits per heavy atom. The molecule has 1 aromatic heterocycles. The first-order valence-corrected chi connectivity index (χ1v) is 5.24. The summed E-state index contributed by atoms with van der Waals surface area (Å²) in [5.74, 6) is -0.340. The van der Waals surface area contributed by atoms with E-state index in [1.165, 1.54) is 12.1 Å². The molecule has 0 amide bonds. The molecule has 0 radical (unpaired) electrons. The number of para-hydroxylation sites is 1. The number of anilines is 1. The number of benzene rings is 2. The molecule has 4 heteroatoms. The summed E-state index contributed by atoms with van der Waals surface area (Å²) >= 11 is 0. The van der Waals surface area contributed by atoms with E-state index in [-0.39, 0.29) is 5.82 Å². The molecule has 0 bridgehead atoms. The fraction of sp³-hybridized carbons (Fsp3) is 0. The second-order valence-corrected chi connectivity index (χ2v) is 3.83. The van der Waals surface area contributed by atoms with Crippen molar-refractivity contribution in [3.05, 3.63) is 54.5 Å². The predicted molar refractivity (Wildman–Crippen MR) is 65.4 cm³/mol. The van der Waals surface area contributed by atoms with E-state index in [0.717, 1.165) is 10.9 Å². The van der Waals surface area contributed by atoms with E-state index in [1.54, 1.807) is 16.9 Å². The van der Waals surface area contributed by atoms with Crippen molar-refractivity contribution in [2.24, 2.45) is 0 Å². The molecule has 0 fully saturated rings. The minimum Gasteiger partial charge on any atom is -0.399 e. The van der Waals surface area contributed by atoms with Crippen LogP contribution >= 0.6 is 0 Å². The van der Waals surface area contributed by atoms with Gasteiger partial charge in [0.15, 0.2) is 0 Å². The van der Waals surface area contributed by atoms with Gasteiger partial charge in [0.05, 0.1) is 11.7 Å². The van der Waals surface area contributed by atoms with Gasteiger partial charge >= 0.3 is 0 Å². The van der Waals surface area contributed by atoms with Crippen molar-refractivity contribution in [1.82, 2.24) is 9.78 Å². The molecule has 0 spiro atoms. The van der Waals surface area contributed by atoms with Crippen molar-refractivity contribution in [1.29, 1.82) is 0 Å². The van der Waals surface area contributed by atoms with Crippen molar-refractivity contribution in [3.63, 3.8) is 0 Å². The first kappa shape index (κ1) is 9.84. The highest BCUT2D eigenvalue weighted by Crippen LogP contribution is 2.21. The Morgan fingerprint density at radius 1 is 1.12 bits per heavy atom. The van der Waals surface area contributed by atoms with E-state index in [1.807, 2.05) is 24.3 Å². The fourth-order valence-electron chi connectivity index (χ4n) is 1.86. The van der Waals surface area contributed by atoms with Crippen molar-refractivity contribution in [2.45, 2.75) is 0 Å². The highest BCUT2D eigenvalue weighted by Gasteiger charge is 2.09. The van der Waals surface area contributed by atoms with Gasteiger partial charge in [-0.15, -0.1) is 0 Å². The van der Waals surface area contributed by atoms with Crippen LogP contribution < -0.4 is 5.73 Å². The van der Waals surface area contributed by atoms with E-state index < -0.39 is 0 Å². The minimum absolute atomic E-state index is 0.340. The maximum Gasteiger partial charge on any atom is 0.149 e. The van der Waals surface area contributed by atoms with E-state index in [0.29, 0.717) is 11.4 Å². The van der Waals surface area contributed by atoms with Gasteiger partial charge in [-0.1, -0.05) is 18.2 Å². The van der Waals surface area contributed by atoms with Crippen molar-refractivity contribution < 1.29 is 4.39 Å². The number of rotatable bonds is 1. The van der Waals surface area contributed by atoms with Crippen molar-refractivity contribution in [2.75, 3.05) is 5.73 Å². The predicted octanol–water partition coefficient (Wildman–Crippen LogP) is 2.75. The van der Waals surface area contributed by atoms with Crippen LogP contribution in [0.1, 0.15) is 0 Å². The van der Waals surface area contributed by atoms with Crippen LogP contribution in [0.3, 0.4) is 0 Å². The lowest BCUT2D eigenvalue weighted by molar-refractivity contribution is 0.613. The Bertz CT molecular complexity index is 688. The van der Waals surface area contributed by atoms with Gasteiger partial charge < -0.3 is 5.73 Å². The third-order valence-corrected chi connectivity index (χ3v) is 2.68. The van der Waals surface area contributed by atoms with E-state index >= 15 is 0 Å². The largest absolute Gasteiger partial charge is 0.399 e. The summed E-state index contributed by atoms with van der Waals surface area (Å²) in [5, 5.41) is 5.16. The van der Waals surface area contributed by atoms with Crippen molar-refractivity contribution in [3.8, 4) is 5.69 Å². The lowest BCUT2D eigenvalue weighted by Gasteiger charge is -2.05. The van der Waals surface area contributed by atoms with E-state index in [4.69, 9.17) is 5.73 Å². The molecular formula is C13H10FN3. The smallest absolute Gasteiger partial charge is 0.149 e. The molecule has 2 N–H and O–H groups in total. The number of nitrogens with two attached hydrogens (primary N) is 1. The Balaban J connectivity index is 2.31. The zero-order valence-corrected chi connectivity index (χ0v) is 8.97. The summed E-state index contributed by atoms with van der Waals surface area (Å²) in [7, 11) is 0. The summed E-state index contributed by atoms with van der Waals surface area (Å²) in [6.07, 6.45) is 1.71. The third-order valence-electron chi connectivity index (χ3n) is 2.68. The molecule has 84 valence electrons. The number of hydrogen-bond acceptors (Lipinski definition) is 2. The molecule has 3 nitrogen and oxygen atoms in total. The van der Waals surface area contributed by atoms with Crippen molar-refractivity contribution >= 4 is 16.6 Å². The van der Waals surface area contributed by atoms with Gasteiger partial charge in [0, 0.05) is 11.1 Å². The number of nitrogen functional groups attached to an aromatic ring is 1. The lowest BCUT2D eigenvalue weighted by atomic mass is 10.2. The van der Waals surface area contributed by atoms with Crippen LogP contribution in [0.5, 0.6) is 0 Å². The van der Waals surface area contributed by atoms with Crippen LogP contribution in [0.2, 0.25) is 0 Å². The lowest BCUT2D eigenvalue weighted by Crippen LogP contribution is -2.00. The second kappa shape index (κ2) is 3.59. The van der Waals surface area contributed by atoms with Crippen LogP contribution in [0.15, 0.2) is 48.7 Å². The average molecular weight is 227 g/mol. The monoisotopic (exact) mass is 227 g/mol. The number of aromatic nitrogens is 2. The standard InChI is InChI=1S/C13H10FN3/c14-11-6-5-10(15)7-13(11)17-12-4-2-1-3-9(12)8-16-17/h1-8H,15H2. The summed E-state index contributed by atoms with van der Waals surface area (Å²) in [6, 6.07) is 12.1. The molecule has 0 aliphatic heterocycles. The molecule has 0 unspecified atom stereocenters. The summed E-state index contributed by atoms with van der Waals surface area (Å²) < 4.78 is 15.3. The number of nitrogens with zero attached hydrogens (tertiary/aromatic N) is 2. The third kappa shape index (κ3) is 1.54. The topological polar surface area (TPSA) is 43.8 Å². The number of fused-ring (bicyclic) bond motifs is 1. The minimum atomic E-state index is -0.340. The molecule has 0 atom stereocenters.